The van der Waals surface area contributed by atoms with Crippen molar-refractivity contribution in [2.24, 2.45) is 5.73 Å². The SMILES string of the molecule is NCCS(=O)(=O)Nc1nnns1. The summed E-state index contributed by atoms with van der Waals surface area (Å²) in [7, 11) is -3.36. The largest absolute Gasteiger partial charge is 0.329 e. The standard InChI is InChI=1S/C3H7N5O2S2/c4-1-2-12(9,10)6-3-5-7-8-11-3/h1-2,4H2,(H,5,6,8). The predicted octanol–water partition coefficient (Wildman–Crippen LogP) is -1.37. The van der Waals surface area contributed by atoms with Crippen molar-refractivity contribution in [3.05, 3.63) is 0 Å². The Morgan fingerprint density at radius 2 is 2.33 bits per heavy atom. The summed E-state index contributed by atoms with van der Waals surface area (Å²) in [6.07, 6.45) is 0. The molecule has 0 saturated heterocycles. The van der Waals surface area contributed by atoms with Gasteiger partial charge in [0.25, 0.3) is 0 Å². The molecule has 9 heteroatoms. The molecule has 0 spiro atoms. The topological polar surface area (TPSA) is 111 Å². The highest BCUT2D eigenvalue weighted by molar-refractivity contribution is 7.92. The van der Waals surface area contributed by atoms with Crippen molar-refractivity contribution in [3.63, 3.8) is 0 Å². The van der Waals surface area contributed by atoms with Gasteiger partial charge in [-0.25, -0.2) is 8.42 Å². The first-order chi connectivity index (χ1) is 5.64. The Morgan fingerprint density at radius 1 is 1.58 bits per heavy atom. The lowest BCUT2D eigenvalue weighted by Crippen LogP contribution is -2.22. The molecule has 68 valence electrons. The van der Waals surface area contributed by atoms with E-state index in [-0.39, 0.29) is 17.4 Å². The Kier molecular flexibility index (Phi) is 2.89. The highest BCUT2D eigenvalue weighted by atomic mass is 32.2. The highest BCUT2D eigenvalue weighted by Gasteiger charge is 2.10. The first-order valence-corrected chi connectivity index (χ1v) is 5.42. The normalized spacial score (nSPS) is 11.4. The second-order valence-electron chi connectivity index (χ2n) is 1.88. The van der Waals surface area contributed by atoms with E-state index in [0.717, 1.165) is 11.5 Å². The van der Waals surface area contributed by atoms with Gasteiger partial charge in [0, 0.05) is 18.1 Å². The molecule has 12 heavy (non-hydrogen) atoms. The van der Waals surface area contributed by atoms with Gasteiger partial charge >= 0.3 is 0 Å². The first-order valence-electron chi connectivity index (χ1n) is 2.99. The van der Waals surface area contributed by atoms with E-state index in [2.05, 4.69) is 19.5 Å². The predicted molar refractivity (Wildman–Crippen MR) is 44.2 cm³/mol. The van der Waals surface area contributed by atoms with Crippen molar-refractivity contribution in [3.8, 4) is 0 Å². The molecular formula is C3H7N5O2S2. The van der Waals surface area contributed by atoms with Crippen LogP contribution in [-0.4, -0.2) is 35.5 Å². The van der Waals surface area contributed by atoms with E-state index in [1.165, 1.54) is 0 Å². The van der Waals surface area contributed by atoms with Crippen molar-refractivity contribution < 1.29 is 8.42 Å². The third-order valence-corrected chi connectivity index (χ3v) is 2.85. The van der Waals surface area contributed by atoms with Crippen LogP contribution in [0.5, 0.6) is 0 Å². The van der Waals surface area contributed by atoms with Gasteiger partial charge in [0.05, 0.1) is 5.75 Å². The van der Waals surface area contributed by atoms with Crippen LogP contribution >= 0.6 is 11.5 Å². The van der Waals surface area contributed by atoms with Gasteiger partial charge in [0.1, 0.15) is 0 Å². The molecule has 0 fully saturated rings. The molecule has 0 aliphatic heterocycles. The number of nitrogens with one attached hydrogen (secondary N) is 1. The molecule has 1 aromatic rings. The van der Waals surface area contributed by atoms with E-state index in [1.807, 2.05) is 0 Å². The average molecular weight is 209 g/mol. The lowest BCUT2D eigenvalue weighted by molar-refractivity contribution is 0.601. The van der Waals surface area contributed by atoms with Gasteiger partial charge in [-0.05, 0) is 5.21 Å². The quantitative estimate of drug-likeness (QED) is 0.633. The molecule has 0 aliphatic carbocycles. The van der Waals surface area contributed by atoms with Crippen molar-refractivity contribution in [2.75, 3.05) is 17.0 Å². The van der Waals surface area contributed by atoms with Crippen LogP contribution in [-0.2, 0) is 10.0 Å². The van der Waals surface area contributed by atoms with Gasteiger partial charge in [-0.15, -0.1) is 0 Å². The first kappa shape index (κ1) is 9.29. The Balaban J connectivity index is 2.63. The zero-order chi connectivity index (χ0) is 9.03. The monoisotopic (exact) mass is 209 g/mol. The lowest BCUT2D eigenvalue weighted by atomic mass is 10.8. The fourth-order valence-corrected chi connectivity index (χ4v) is 1.98. The van der Waals surface area contributed by atoms with Gasteiger partial charge < -0.3 is 5.73 Å². The Bertz CT molecular complexity index is 318. The molecular weight excluding hydrogens is 202 g/mol. The third-order valence-electron chi connectivity index (χ3n) is 0.929. The van der Waals surface area contributed by atoms with Crippen molar-refractivity contribution in [1.29, 1.82) is 0 Å². The molecule has 1 heterocycles. The van der Waals surface area contributed by atoms with Crippen molar-refractivity contribution in [1.82, 2.24) is 14.8 Å². The van der Waals surface area contributed by atoms with Gasteiger partial charge in [0.2, 0.25) is 15.2 Å². The molecule has 0 atom stereocenters. The molecule has 0 saturated carbocycles. The number of nitrogens with zero attached hydrogens (tertiary/aromatic N) is 3. The van der Waals surface area contributed by atoms with E-state index in [4.69, 9.17) is 5.73 Å². The maximum absolute atomic E-state index is 11.0. The number of anilines is 1. The zero-order valence-corrected chi connectivity index (χ0v) is 7.60. The van der Waals surface area contributed by atoms with Crippen molar-refractivity contribution in [2.45, 2.75) is 0 Å². The number of rotatable bonds is 4. The molecule has 1 aromatic heterocycles. The zero-order valence-electron chi connectivity index (χ0n) is 5.97. The number of nitrogens with two attached hydrogens (primary N) is 1. The summed E-state index contributed by atoms with van der Waals surface area (Å²) in [6, 6.07) is 0. The number of hydrogen-bond acceptors (Lipinski definition) is 7. The molecule has 0 radical (unpaired) electrons. The smallest absolute Gasteiger partial charge is 0.238 e. The summed E-state index contributed by atoms with van der Waals surface area (Å²) < 4.78 is 27.6. The van der Waals surface area contributed by atoms with Crippen LogP contribution in [0.2, 0.25) is 0 Å². The van der Waals surface area contributed by atoms with Gasteiger partial charge in [-0.1, -0.05) is 9.59 Å². The maximum Gasteiger partial charge on any atom is 0.238 e. The van der Waals surface area contributed by atoms with E-state index in [1.54, 1.807) is 0 Å². The van der Waals surface area contributed by atoms with E-state index >= 15 is 0 Å². The minimum Gasteiger partial charge on any atom is -0.329 e. The van der Waals surface area contributed by atoms with Gasteiger partial charge in [-0.2, -0.15) is 0 Å². The number of sulfonamides is 1. The van der Waals surface area contributed by atoms with Crippen LogP contribution in [0.1, 0.15) is 0 Å². The average Bonchev–Trinajstić information content (AvgIpc) is 2.38. The third kappa shape index (κ3) is 2.68. The molecule has 0 unspecified atom stereocenters. The van der Waals surface area contributed by atoms with E-state index < -0.39 is 10.0 Å². The summed E-state index contributed by atoms with van der Waals surface area (Å²) in [5.74, 6) is -0.132. The van der Waals surface area contributed by atoms with Crippen LogP contribution in [0.4, 0.5) is 5.13 Å². The van der Waals surface area contributed by atoms with Crippen LogP contribution in [0.15, 0.2) is 0 Å². The molecule has 1 rings (SSSR count). The van der Waals surface area contributed by atoms with E-state index in [9.17, 15) is 8.42 Å². The van der Waals surface area contributed by atoms with Gasteiger partial charge in [-0.3, -0.25) is 4.72 Å². The Morgan fingerprint density at radius 3 is 2.83 bits per heavy atom. The molecule has 7 nitrogen and oxygen atoms in total. The fourth-order valence-electron chi connectivity index (χ4n) is 0.512. The summed E-state index contributed by atoms with van der Waals surface area (Å²) >= 11 is 0.872. The molecule has 3 N–H and O–H groups in total. The second kappa shape index (κ2) is 3.74. The van der Waals surface area contributed by atoms with Crippen LogP contribution in [0, 0.1) is 0 Å². The fraction of sp³-hybridized carbons (Fsp3) is 0.667. The van der Waals surface area contributed by atoms with Crippen LogP contribution in [0.3, 0.4) is 0 Å². The highest BCUT2D eigenvalue weighted by Crippen LogP contribution is 2.06. The minimum atomic E-state index is -3.36. The van der Waals surface area contributed by atoms with Crippen LogP contribution < -0.4 is 10.5 Å². The van der Waals surface area contributed by atoms with Gasteiger partial charge in [0.15, 0.2) is 0 Å². The van der Waals surface area contributed by atoms with Crippen LogP contribution in [0.25, 0.3) is 0 Å². The minimum absolute atomic E-state index is 0.0710. The lowest BCUT2D eigenvalue weighted by Gasteiger charge is -2.00. The Hall–Kier alpha value is -0.800. The second-order valence-corrected chi connectivity index (χ2v) is 4.45. The summed E-state index contributed by atoms with van der Waals surface area (Å²) in [4.78, 5) is 0. The molecule has 0 amide bonds. The van der Waals surface area contributed by atoms with Crippen molar-refractivity contribution >= 4 is 26.7 Å². The molecule has 0 bridgehead atoms. The summed E-state index contributed by atoms with van der Waals surface area (Å²) in [5, 5.41) is 6.79. The molecule has 0 aromatic carbocycles. The summed E-state index contributed by atoms with van der Waals surface area (Å²) in [6.45, 7) is 0.0710. The summed E-state index contributed by atoms with van der Waals surface area (Å²) in [5.41, 5.74) is 5.08. The van der Waals surface area contributed by atoms with E-state index in [0.29, 0.717) is 0 Å². The number of aromatic nitrogens is 3. The molecule has 0 aliphatic rings. The number of hydrogen-bond donors (Lipinski definition) is 2. The maximum atomic E-state index is 11.0. The Labute approximate surface area is 73.2 Å².